The molecule has 0 atom stereocenters. The smallest absolute Gasteiger partial charge is 0.416 e. The van der Waals surface area contributed by atoms with Gasteiger partial charge in [0.1, 0.15) is 0 Å². The molecular formula is C31H33F3N4O2. The topological polar surface area (TPSA) is 69.0 Å². The van der Waals surface area contributed by atoms with Crippen LogP contribution in [0.4, 0.5) is 18.9 Å². The highest BCUT2D eigenvalue weighted by Crippen LogP contribution is 2.33. The van der Waals surface area contributed by atoms with E-state index in [1.165, 1.54) is 22.7 Å². The van der Waals surface area contributed by atoms with Crippen LogP contribution in [0.5, 0.6) is 6.01 Å². The second kappa shape index (κ2) is 12.8. The number of alkyl halides is 3. The van der Waals surface area contributed by atoms with E-state index in [2.05, 4.69) is 22.3 Å². The van der Waals surface area contributed by atoms with E-state index in [0.717, 1.165) is 31.4 Å². The third-order valence-corrected chi connectivity index (χ3v) is 6.24. The Kier molecular flexibility index (Phi) is 9.24. The number of ether oxygens (including phenoxy) is 1. The Labute approximate surface area is 232 Å². The summed E-state index contributed by atoms with van der Waals surface area (Å²) in [6, 6.07) is 19.4. The Morgan fingerprint density at radius 2 is 1.73 bits per heavy atom. The lowest BCUT2D eigenvalue weighted by Gasteiger charge is -2.10. The quantitative estimate of drug-likeness (QED) is 0.192. The first kappa shape index (κ1) is 28.9. The monoisotopic (exact) mass is 550 g/mol. The standard InChI is InChI=1S/C31H33F3N4O2/c1-4-5-6-8-22-11-13-23(14-12-22)29(39)35-26-15-17-27(18-16-26)38-28(36-30(37-38)40-20-21(2)3)24-9-7-10-25(19-24)31(32,33)34/h7,9-19,21H,4-6,8,20H2,1-3H3,(H,35,39). The molecule has 0 aliphatic carbocycles. The van der Waals surface area contributed by atoms with Crippen LogP contribution in [-0.4, -0.2) is 27.3 Å². The van der Waals surface area contributed by atoms with Crippen LogP contribution in [-0.2, 0) is 12.6 Å². The van der Waals surface area contributed by atoms with Crippen molar-refractivity contribution in [3.8, 4) is 23.1 Å². The van der Waals surface area contributed by atoms with Gasteiger partial charge in [-0.2, -0.15) is 18.2 Å². The third kappa shape index (κ3) is 7.49. The largest absolute Gasteiger partial charge is 0.462 e. The van der Waals surface area contributed by atoms with Crippen molar-refractivity contribution >= 4 is 11.6 Å². The fourth-order valence-electron chi connectivity index (χ4n) is 4.09. The maximum absolute atomic E-state index is 13.4. The Balaban J connectivity index is 1.55. The SMILES string of the molecule is CCCCCc1ccc(C(=O)Nc2ccc(-n3nc(OCC(C)C)nc3-c3cccc(C(F)(F)F)c3)cc2)cc1. The van der Waals surface area contributed by atoms with Crippen LogP contribution < -0.4 is 10.1 Å². The van der Waals surface area contributed by atoms with Gasteiger partial charge in [0, 0.05) is 16.8 Å². The normalized spacial score (nSPS) is 11.6. The molecule has 6 nitrogen and oxygen atoms in total. The van der Waals surface area contributed by atoms with E-state index < -0.39 is 11.7 Å². The van der Waals surface area contributed by atoms with Gasteiger partial charge in [-0.3, -0.25) is 4.79 Å². The first-order valence-corrected chi connectivity index (χ1v) is 13.4. The van der Waals surface area contributed by atoms with Crippen LogP contribution >= 0.6 is 0 Å². The molecule has 0 unspecified atom stereocenters. The highest BCUT2D eigenvalue weighted by Gasteiger charge is 2.31. The summed E-state index contributed by atoms with van der Waals surface area (Å²) < 4.78 is 47.2. The molecule has 0 fully saturated rings. The van der Waals surface area contributed by atoms with Crippen molar-refractivity contribution in [2.45, 2.75) is 52.6 Å². The molecule has 1 amide bonds. The minimum absolute atomic E-state index is 0.0663. The van der Waals surface area contributed by atoms with Gasteiger partial charge < -0.3 is 10.1 Å². The molecule has 9 heteroatoms. The molecule has 0 saturated carbocycles. The van der Waals surface area contributed by atoms with Crippen molar-refractivity contribution in [1.82, 2.24) is 14.8 Å². The number of hydrogen-bond acceptors (Lipinski definition) is 4. The van der Waals surface area contributed by atoms with Gasteiger partial charge in [-0.25, -0.2) is 4.68 Å². The molecule has 3 aromatic carbocycles. The lowest BCUT2D eigenvalue weighted by Crippen LogP contribution is -2.12. The number of anilines is 1. The number of aryl methyl sites for hydroxylation is 1. The van der Waals surface area contributed by atoms with Crippen molar-refractivity contribution < 1.29 is 22.7 Å². The van der Waals surface area contributed by atoms with E-state index in [1.54, 1.807) is 30.3 Å². The summed E-state index contributed by atoms with van der Waals surface area (Å²) in [5.41, 5.74) is 2.34. The van der Waals surface area contributed by atoms with Gasteiger partial charge in [0.15, 0.2) is 5.82 Å². The van der Waals surface area contributed by atoms with Gasteiger partial charge in [0.25, 0.3) is 5.91 Å². The van der Waals surface area contributed by atoms with E-state index >= 15 is 0 Å². The number of unbranched alkanes of at least 4 members (excludes halogenated alkanes) is 2. The minimum Gasteiger partial charge on any atom is -0.462 e. The number of amides is 1. The van der Waals surface area contributed by atoms with Gasteiger partial charge in [-0.05, 0) is 72.9 Å². The minimum atomic E-state index is -4.49. The summed E-state index contributed by atoms with van der Waals surface area (Å²) in [6.07, 6.45) is -0.0311. The zero-order valence-electron chi connectivity index (χ0n) is 22.8. The van der Waals surface area contributed by atoms with E-state index in [9.17, 15) is 18.0 Å². The van der Waals surface area contributed by atoms with Crippen molar-refractivity contribution in [2.75, 3.05) is 11.9 Å². The lowest BCUT2D eigenvalue weighted by molar-refractivity contribution is -0.137. The van der Waals surface area contributed by atoms with E-state index in [0.29, 0.717) is 23.5 Å². The van der Waals surface area contributed by atoms with Crippen molar-refractivity contribution in [2.24, 2.45) is 5.92 Å². The fourth-order valence-corrected chi connectivity index (χ4v) is 4.09. The van der Waals surface area contributed by atoms with Crippen LogP contribution in [0.2, 0.25) is 0 Å². The molecule has 4 aromatic rings. The number of hydrogen-bond donors (Lipinski definition) is 1. The molecule has 210 valence electrons. The van der Waals surface area contributed by atoms with Gasteiger partial charge in [-0.15, -0.1) is 5.10 Å². The zero-order valence-corrected chi connectivity index (χ0v) is 22.8. The number of carbonyl (C=O) groups is 1. The maximum Gasteiger partial charge on any atom is 0.416 e. The van der Waals surface area contributed by atoms with Crippen LogP contribution in [0.1, 0.15) is 61.5 Å². The van der Waals surface area contributed by atoms with Gasteiger partial charge in [-0.1, -0.05) is 57.9 Å². The Morgan fingerprint density at radius 1 is 1.00 bits per heavy atom. The molecular weight excluding hydrogens is 517 g/mol. The second-order valence-corrected chi connectivity index (χ2v) is 10.1. The first-order chi connectivity index (χ1) is 19.1. The number of rotatable bonds is 11. The summed E-state index contributed by atoms with van der Waals surface area (Å²) in [6.45, 7) is 6.47. The fraction of sp³-hybridized carbons (Fsp3) is 0.323. The number of nitrogens with zero attached hydrogens (tertiary/aromatic N) is 3. The predicted octanol–water partition coefficient (Wildman–Crippen LogP) is 7.97. The lowest BCUT2D eigenvalue weighted by atomic mass is 10.1. The summed E-state index contributed by atoms with van der Waals surface area (Å²) >= 11 is 0. The van der Waals surface area contributed by atoms with Crippen LogP contribution in [0.3, 0.4) is 0 Å². The molecule has 0 radical (unpaired) electrons. The number of aromatic nitrogens is 3. The molecule has 4 rings (SSSR count). The summed E-state index contributed by atoms with van der Waals surface area (Å²) in [7, 11) is 0. The van der Waals surface area contributed by atoms with Crippen molar-refractivity contribution in [3.63, 3.8) is 0 Å². The average molecular weight is 551 g/mol. The third-order valence-electron chi connectivity index (χ3n) is 6.24. The van der Waals surface area contributed by atoms with Crippen molar-refractivity contribution in [3.05, 3.63) is 89.5 Å². The molecule has 1 N–H and O–H groups in total. The number of carbonyl (C=O) groups excluding carboxylic acids is 1. The van der Waals surface area contributed by atoms with E-state index in [-0.39, 0.29) is 29.2 Å². The summed E-state index contributed by atoms with van der Waals surface area (Å²) in [4.78, 5) is 17.2. The molecule has 1 heterocycles. The number of benzene rings is 3. The molecule has 0 saturated heterocycles. The van der Waals surface area contributed by atoms with Gasteiger partial charge in [0.05, 0.1) is 17.9 Å². The average Bonchev–Trinajstić information content (AvgIpc) is 3.37. The maximum atomic E-state index is 13.4. The molecule has 0 aliphatic rings. The highest BCUT2D eigenvalue weighted by molar-refractivity contribution is 6.04. The number of halogens is 3. The summed E-state index contributed by atoms with van der Waals surface area (Å²) in [5, 5.41) is 7.29. The molecule has 1 aromatic heterocycles. The Morgan fingerprint density at radius 3 is 2.38 bits per heavy atom. The van der Waals surface area contributed by atoms with Crippen LogP contribution in [0, 0.1) is 5.92 Å². The van der Waals surface area contributed by atoms with Gasteiger partial charge >= 0.3 is 12.2 Å². The van der Waals surface area contributed by atoms with Gasteiger partial charge in [0.2, 0.25) is 0 Å². The molecule has 0 bridgehead atoms. The van der Waals surface area contributed by atoms with Crippen LogP contribution in [0.25, 0.3) is 17.1 Å². The van der Waals surface area contributed by atoms with Crippen molar-refractivity contribution in [1.29, 1.82) is 0 Å². The summed E-state index contributed by atoms with van der Waals surface area (Å²) in [5.74, 6) is 0.187. The zero-order chi connectivity index (χ0) is 28.7. The Hall–Kier alpha value is -4.14. The molecule has 0 spiro atoms. The molecule has 40 heavy (non-hydrogen) atoms. The predicted molar refractivity (Wildman–Crippen MR) is 150 cm³/mol. The van der Waals surface area contributed by atoms with E-state index in [1.807, 2.05) is 38.1 Å². The van der Waals surface area contributed by atoms with Crippen LogP contribution in [0.15, 0.2) is 72.8 Å². The Bertz CT molecular complexity index is 1410. The number of nitrogens with one attached hydrogen (secondary N) is 1. The first-order valence-electron chi connectivity index (χ1n) is 13.4. The highest BCUT2D eigenvalue weighted by atomic mass is 19.4. The van der Waals surface area contributed by atoms with E-state index in [4.69, 9.17) is 4.74 Å². The second-order valence-electron chi connectivity index (χ2n) is 10.1. The molecule has 0 aliphatic heterocycles.